The fraction of sp³-hybridized carbons (Fsp3) is 0.0556. The van der Waals surface area contributed by atoms with Crippen molar-refractivity contribution in [1.82, 2.24) is 20.0 Å². The Morgan fingerprint density at radius 2 is 2.00 bits per heavy atom. The molecule has 0 bridgehead atoms. The zero-order valence-electron chi connectivity index (χ0n) is 13.4. The van der Waals surface area contributed by atoms with E-state index in [9.17, 15) is 0 Å². The Balaban J connectivity index is 1.72. The maximum atomic E-state index is 5.92. The van der Waals surface area contributed by atoms with Crippen LogP contribution in [0.1, 0.15) is 5.89 Å². The van der Waals surface area contributed by atoms with E-state index in [0.29, 0.717) is 11.6 Å². The third kappa shape index (κ3) is 3.47. The first-order valence-corrected chi connectivity index (χ1v) is 8.97. The maximum Gasteiger partial charge on any atom is 0.284 e. The number of nitrogens with zero attached hydrogens (tertiary/aromatic N) is 3. The van der Waals surface area contributed by atoms with Gasteiger partial charge in [0.15, 0.2) is 6.61 Å². The molecule has 0 saturated carbocycles. The number of hydrogen-bond acceptors (Lipinski definition) is 5. The highest BCUT2D eigenvalue weighted by atomic mass is 79.9. The van der Waals surface area contributed by atoms with Crippen LogP contribution in [-0.2, 0) is 6.61 Å². The molecule has 0 radical (unpaired) electrons. The molecule has 0 aliphatic heterocycles. The summed E-state index contributed by atoms with van der Waals surface area (Å²) in [6, 6.07) is 17.7. The summed E-state index contributed by atoms with van der Waals surface area (Å²) in [5, 5.41) is 11.0. The van der Waals surface area contributed by atoms with Crippen LogP contribution in [0.25, 0.3) is 16.9 Å². The minimum atomic E-state index is 0.168. The Hall–Kier alpha value is -2.71. The second-order valence-electron chi connectivity index (χ2n) is 5.40. The SMILES string of the molecule is S=c1[nH]nc(COc2ccc(Br)cc2-c2ccnn2-c2ccccc2)o1. The Bertz CT molecular complexity index is 1090. The molecule has 0 aliphatic rings. The van der Waals surface area contributed by atoms with Gasteiger partial charge in [0, 0.05) is 10.0 Å². The number of halogens is 1. The summed E-state index contributed by atoms with van der Waals surface area (Å²) < 4.78 is 14.0. The van der Waals surface area contributed by atoms with Crippen LogP contribution >= 0.6 is 28.1 Å². The lowest BCUT2D eigenvalue weighted by molar-refractivity contribution is 0.262. The summed E-state index contributed by atoms with van der Waals surface area (Å²) in [6.07, 6.45) is 1.76. The number of benzene rings is 2. The second kappa shape index (κ2) is 7.27. The smallest absolute Gasteiger partial charge is 0.284 e. The van der Waals surface area contributed by atoms with Crippen molar-refractivity contribution in [2.75, 3.05) is 0 Å². The molecular weight excluding hydrogens is 416 g/mol. The standard InChI is InChI=1S/C18H13BrN4O2S/c19-12-6-7-16(24-11-17-21-22-18(26)25-17)14(10-12)15-8-9-20-23(15)13-4-2-1-3-5-13/h1-10H,11H2,(H,22,26). The quantitative estimate of drug-likeness (QED) is 0.456. The molecule has 0 spiro atoms. The lowest BCUT2D eigenvalue weighted by Gasteiger charge is -2.13. The molecular formula is C18H13BrN4O2S. The van der Waals surface area contributed by atoms with Crippen molar-refractivity contribution in [2.45, 2.75) is 6.61 Å². The molecule has 26 heavy (non-hydrogen) atoms. The Kier molecular flexibility index (Phi) is 4.68. The molecule has 2 aromatic carbocycles. The average molecular weight is 429 g/mol. The summed E-state index contributed by atoms with van der Waals surface area (Å²) in [7, 11) is 0. The van der Waals surface area contributed by atoms with Gasteiger partial charge in [0.25, 0.3) is 10.7 Å². The van der Waals surface area contributed by atoms with Crippen molar-refractivity contribution < 1.29 is 9.15 Å². The molecule has 130 valence electrons. The van der Waals surface area contributed by atoms with Crippen LogP contribution in [0.4, 0.5) is 0 Å². The molecule has 0 aliphatic carbocycles. The molecule has 0 fully saturated rings. The van der Waals surface area contributed by atoms with Crippen LogP contribution in [0.15, 0.2) is 69.7 Å². The van der Waals surface area contributed by atoms with Crippen LogP contribution in [-0.4, -0.2) is 20.0 Å². The lowest BCUT2D eigenvalue weighted by atomic mass is 10.1. The molecule has 2 aromatic heterocycles. The fourth-order valence-electron chi connectivity index (χ4n) is 2.57. The first kappa shape index (κ1) is 16.7. The third-order valence-electron chi connectivity index (χ3n) is 3.69. The third-order valence-corrected chi connectivity index (χ3v) is 4.36. The normalized spacial score (nSPS) is 10.8. The number of aromatic nitrogens is 4. The zero-order chi connectivity index (χ0) is 17.9. The number of aromatic amines is 1. The van der Waals surface area contributed by atoms with Gasteiger partial charge in [-0.05, 0) is 48.6 Å². The van der Waals surface area contributed by atoms with E-state index in [0.717, 1.165) is 21.4 Å². The van der Waals surface area contributed by atoms with Gasteiger partial charge in [0.1, 0.15) is 5.75 Å². The molecule has 0 unspecified atom stereocenters. The summed E-state index contributed by atoms with van der Waals surface area (Å²) in [5.41, 5.74) is 2.78. The van der Waals surface area contributed by atoms with Gasteiger partial charge in [0.2, 0.25) is 0 Å². The highest BCUT2D eigenvalue weighted by Gasteiger charge is 2.14. The summed E-state index contributed by atoms with van der Waals surface area (Å²) in [5.74, 6) is 1.08. The van der Waals surface area contributed by atoms with Crippen molar-refractivity contribution in [3.8, 4) is 22.7 Å². The van der Waals surface area contributed by atoms with Gasteiger partial charge < -0.3 is 9.15 Å². The first-order chi connectivity index (χ1) is 12.7. The Morgan fingerprint density at radius 3 is 2.77 bits per heavy atom. The average Bonchev–Trinajstić information content (AvgIpc) is 3.30. The van der Waals surface area contributed by atoms with Crippen molar-refractivity contribution in [2.24, 2.45) is 0 Å². The van der Waals surface area contributed by atoms with E-state index in [-0.39, 0.29) is 11.4 Å². The number of hydrogen-bond donors (Lipinski definition) is 1. The topological polar surface area (TPSA) is 68.9 Å². The van der Waals surface area contributed by atoms with E-state index in [4.69, 9.17) is 21.4 Å². The van der Waals surface area contributed by atoms with Gasteiger partial charge in [-0.1, -0.05) is 34.1 Å². The van der Waals surface area contributed by atoms with Gasteiger partial charge in [-0.25, -0.2) is 9.78 Å². The van der Waals surface area contributed by atoms with Crippen molar-refractivity contribution in [3.63, 3.8) is 0 Å². The molecule has 1 N–H and O–H groups in total. The highest BCUT2D eigenvalue weighted by Crippen LogP contribution is 2.34. The van der Waals surface area contributed by atoms with Crippen LogP contribution in [0.5, 0.6) is 5.75 Å². The Labute approximate surface area is 162 Å². The summed E-state index contributed by atoms with van der Waals surface area (Å²) in [4.78, 5) is 0.224. The van der Waals surface area contributed by atoms with E-state index in [1.165, 1.54) is 0 Å². The second-order valence-corrected chi connectivity index (χ2v) is 6.69. The summed E-state index contributed by atoms with van der Waals surface area (Å²) >= 11 is 8.41. The number of rotatable bonds is 5. The molecule has 0 saturated heterocycles. The van der Waals surface area contributed by atoms with Crippen molar-refractivity contribution in [3.05, 3.63) is 76.0 Å². The Morgan fingerprint density at radius 1 is 1.15 bits per heavy atom. The largest absolute Gasteiger partial charge is 0.483 e. The van der Waals surface area contributed by atoms with E-state index in [1.807, 2.05) is 59.3 Å². The lowest BCUT2D eigenvalue weighted by Crippen LogP contribution is -2.02. The molecule has 4 aromatic rings. The van der Waals surface area contributed by atoms with Crippen molar-refractivity contribution in [1.29, 1.82) is 0 Å². The molecule has 0 amide bonds. The minimum Gasteiger partial charge on any atom is -0.483 e. The van der Waals surface area contributed by atoms with Crippen LogP contribution in [0, 0.1) is 4.84 Å². The van der Waals surface area contributed by atoms with Gasteiger partial charge in [-0.2, -0.15) is 5.10 Å². The van der Waals surface area contributed by atoms with Gasteiger partial charge in [-0.15, -0.1) is 5.10 Å². The zero-order valence-corrected chi connectivity index (χ0v) is 15.8. The van der Waals surface area contributed by atoms with E-state index in [1.54, 1.807) is 6.20 Å². The van der Waals surface area contributed by atoms with Gasteiger partial charge in [0.05, 0.1) is 17.6 Å². The highest BCUT2D eigenvalue weighted by molar-refractivity contribution is 9.10. The van der Waals surface area contributed by atoms with Crippen LogP contribution in [0.2, 0.25) is 0 Å². The number of ether oxygens (including phenoxy) is 1. The van der Waals surface area contributed by atoms with Gasteiger partial charge in [-0.3, -0.25) is 0 Å². The minimum absolute atomic E-state index is 0.168. The van der Waals surface area contributed by atoms with Crippen LogP contribution < -0.4 is 4.74 Å². The maximum absolute atomic E-state index is 5.92. The van der Waals surface area contributed by atoms with Crippen molar-refractivity contribution >= 4 is 28.1 Å². The van der Waals surface area contributed by atoms with E-state index >= 15 is 0 Å². The number of nitrogens with one attached hydrogen (secondary N) is 1. The molecule has 8 heteroatoms. The number of para-hydroxylation sites is 1. The predicted octanol–water partition coefficient (Wildman–Crippen LogP) is 4.93. The monoisotopic (exact) mass is 428 g/mol. The fourth-order valence-corrected chi connectivity index (χ4v) is 3.08. The number of H-pyrrole nitrogens is 1. The summed E-state index contributed by atoms with van der Waals surface area (Å²) in [6.45, 7) is 0.168. The van der Waals surface area contributed by atoms with E-state index in [2.05, 4.69) is 31.2 Å². The predicted molar refractivity (Wildman–Crippen MR) is 103 cm³/mol. The van der Waals surface area contributed by atoms with Crippen LogP contribution in [0.3, 0.4) is 0 Å². The molecule has 2 heterocycles. The molecule has 0 atom stereocenters. The van der Waals surface area contributed by atoms with Gasteiger partial charge >= 0.3 is 0 Å². The first-order valence-electron chi connectivity index (χ1n) is 7.77. The molecule has 4 rings (SSSR count). The van der Waals surface area contributed by atoms with E-state index < -0.39 is 0 Å². The molecule has 6 nitrogen and oxygen atoms in total.